The second-order valence-corrected chi connectivity index (χ2v) is 5.19. The van der Waals surface area contributed by atoms with Crippen molar-refractivity contribution in [3.63, 3.8) is 0 Å². The minimum atomic E-state index is -0.934. The largest absolute Gasteiger partial charge is 0.455 e. The molecule has 0 radical (unpaired) electrons. The Balaban J connectivity index is 2.10. The summed E-state index contributed by atoms with van der Waals surface area (Å²) in [4.78, 5) is 4.00. The van der Waals surface area contributed by atoms with E-state index in [0.717, 1.165) is 24.2 Å². The summed E-state index contributed by atoms with van der Waals surface area (Å²) in [7, 11) is 0. The summed E-state index contributed by atoms with van der Waals surface area (Å²) < 4.78 is 31.7. The molecule has 0 atom stereocenters. The molecule has 0 aliphatic heterocycles. The molecular weight excluding hydrogens is 274 g/mol. The minimum Gasteiger partial charge on any atom is -0.455 e. The van der Waals surface area contributed by atoms with E-state index in [9.17, 15) is 8.78 Å². The SMILES string of the molecule is CC(C)CNCc1ccncc1Oc1ccc(F)c(F)c1. The Morgan fingerprint density at radius 3 is 2.71 bits per heavy atom. The number of aromatic nitrogens is 1. The zero-order valence-electron chi connectivity index (χ0n) is 12.1. The third-order valence-corrected chi connectivity index (χ3v) is 2.86. The molecule has 2 rings (SSSR count). The van der Waals surface area contributed by atoms with Gasteiger partial charge in [-0.3, -0.25) is 4.98 Å². The van der Waals surface area contributed by atoms with Crippen LogP contribution >= 0.6 is 0 Å². The monoisotopic (exact) mass is 292 g/mol. The van der Waals surface area contributed by atoms with E-state index in [-0.39, 0.29) is 5.75 Å². The number of ether oxygens (including phenoxy) is 1. The van der Waals surface area contributed by atoms with Gasteiger partial charge in [0.1, 0.15) is 11.5 Å². The van der Waals surface area contributed by atoms with Crippen molar-refractivity contribution in [2.45, 2.75) is 20.4 Å². The fourth-order valence-corrected chi connectivity index (χ4v) is 1.81. The quantitative estimate of drug-likeness (QED) is 0.877. The Kier molecular flexibility index (Phi) is 5.22. The molecule has 0 bridgehead atoms. The van der Waals surface area contributed by atoms with E-state index in [2.05, 4.69) is 24.1 Å². The van der Waals surface area contributed by atoms with Crippen molar-refractivity contribution in [2.75, 3.05) is 6.54 Å². The molecular formula is C16H18F2N2O. The summed E-state index contributed by atoms with van der Waals surface area (Å²) in [6.45, 7) is 5.75. The first kappa shape index (κ1) is 15.4. The molecule has 0 unspecified atom stereocenters. The molecule has 3 nitrogen and oxygen atoms in total. The maximum Gasteiger partial charge on any atom is 0.162 e. The highest BCUT2D eigenvalue weighted by atomic mass is 19.2. The molecule has 0 fully saturated rings. The molecule has 0 saturated carbocycles. The van der Waals surface area contributed by atoms with Crippen LogP contribution in [0, 0.1) is 17.6 Å². The van der Waals surface area contributed by atoms with E-state index in [1.54, 1.807) is 12.4 Å². The number of rotatable bonds is 6. The normalized spacial score (nSPS) is 10.9. The van der Waals surface area contributed by atoms with Crippen LogP contribution in [0.5, 0.6) is 11.5 Å². The van der Waals surface area contributed by atoms with Crippen LogP contribution in [0.25, 0.3) is 0 Å². The predicted octanol–water partition coefficient (Wildman–Crippen LogP) is 3.90. The third kappa shape index (κ3) is 4.49. The van der Waals surface area contributed by atoms with Gasteiger partial charge in [0.05, 0.1) is 6.20 Å². The van der Waals surface area contributed by atoms with Crippen molar-refractivity contribution in [3.8, 4) is 11.5 Å². The molecule has 0 aliphatic carbocycles. The van der Waals surface area contributed by atoms with Gasteiger partial charge in [-0.05, 0) is 30.7 Å². The van der Waals surface area contributed by atoms with Crippen LogP contribution in [-0.4, -0.2) is 11.5 Å². The maximum absolute atomic E-state index is 13.2. The van der Waals surface area contributed by atoms with Crippen LogP contribution in [0.2, 0.25) is 0 Å². The summed E-state index contributed by atoms with van der Waals surface area (Å²) in [6, 6.07) is 5.28. The fraction of sp³-hybridized carbons (Fsp3) is 0.312. The summed E-state index contributed by atoms with van der Waals surface area (Å²) in [5.41, 5.74) is 0.912. The zero-order valence-corrected chi connectivity index (χ0v) is 12.1. The number of halogens is 2. The molecule has 0 amide bonds. The van der Waals surface area contributed by atoms with E-state index in [1.807, 2.05) is 6.07 Å². The highest BCUT2D eigenvalue weighted by molar-refractivity contribution is 5.35. The first-order chi connectivity index (χ1) is 10.1. The summed E-state index contributed by atoms with van der Waals surface area (Å²) in [6.07, 6.45) is 3.23. The summed E-state index contributed by atoms with van der Waals surface area (Å²) in [5.74, 6) is -0.516. The molecule has 0 saturated heterocycles. The van der Waals surface area contributed by atoms with Crippen molar-refractivity contribution >= 4 is 0 Å². The summed E-state index contributed by atoms with van der Waals surface area (Å²) >= 11 is 0. The van der Waals surface area contributed by atoms with Gasteiger partial charge in [-0.25, -0.2) is 8.78 Å². The van der Waals surface area contributed by atoms with Crippen LogP contribution in [0.15, 0.2) is 36.7 Å². The lowest BCUT2D eigenvalue weighted by molar-refractivity contribution is 0.451. The Morgan fingerprint density at radius 2 is 2.00 bits per heavy atom. The number of hydrogen-bond donors (Lipinski definition) is 1. The van der Waals surface area contributed by atoms with Gasteiger partial charge in [0, 0.05) is 24.4 Å². The number of pyridine rings is 1. The lowest BCUT2D eigenvalue weighted by atomic mass is 10.2. The van der Waals surface area contributed by atoms with Crippen LogP contribution in [0.4, 0.5) is 8.78 Å². The van der Waals surface area contributed by atoms with E-state index >= 15 is 0 Å². The third-order valence-electron chi connectivity index (χ3n) is 2.86. The highest BCUT2D eigenvalue weighted by Gasteiger charge is 2.08. The van der Waals surface area contributed by atoms with Gasteiger partial charge in [0.2, 0.25) is 0 Å². The molecule has 2 aromatic rings. The number of benzene rings is 1. The average molecular weight is 292 g/mol. The van der Waals surface area contributed by atoms with Crippen molar-refractivity contribution < 1.29 is 13.5 Å². The van der Waals surface area contributed by atoms with E-state index < -0.39 is 11.6 Å². The van der Waals surface area contributed by atoms with E-state index in [0.29, 0.717) is 18.2 Å². The van der Waals surface area contributed by atoms with Crippen molar-refractivity contribution in [1.82, 2.24) is 10.3 Å². The average Bonchev–Trinajstić information content (AvgIpc) is 2.44. The van der Waals surface area contributed by atoms with Crippen LogP contribution < -0.4 is 10.1 Å². The van der Waals surface area contributed by atoms with Crippen molar-refractivity contribution in [3.05, 3.63) is 53.9 Å². The van der Waals surface area contributed by atoms with E-state index in [1.165, 1.54) is 6.07 Å². The van der Waals surface area contributed by atoms with Gasteiger partial charge >= 0.3 is 0 Å². The molecule has 112 valence electrons. The minimum absolute atomic E-state index is 0.243. The number of hydrogen-bond acceptors (Lipinski definition) is 3. The fourth-order valence-electron chi connectivity index (χ4n) is 1.81. The predicted molar refractivity (Wildman–Crippen MR) is 77.2 cm³/mol. The highest BCUT2D eigenvalue weighted by Crippen LogP contribution is 2.25. The Labute approximate surface area is 123 Å². The van der Waals surface area contributed by atoms with Crippen molar-refractivity contribution in [1.29, 1.82) is 0 Å². The van der Waals surface area contributed by atoms with Gasteiger partial charge in [0.15, 0.2) is 11.6 Å². The molecule has 1 heterocycles. The second kappa shape index (κ2) is 7.13. The van der Waals surface area contributed by atoms with Gasteiger partial charge in [-0.15, -0.1) is 0 Å². The lowest BCUT2D eigenvalue weighted by Gasteiger charge is -2.12. The lowest BCUT2D eigenvalue weighted by Crippen LogP contribution is -2.19. The number of nitrogens with zero attached hydrogens (tertiary/aromatic N) is 1. The van der Waals surface area contributed by atoms with E-state index in [4.69, 9.17) is 4.74 Å². The zero-order chi connectivity index (χ0) is 15.2. The topological polar surface area (TPSA) is 34.2 Å². The smallest absolute Gasteiger partial charge is 0.162 e. The van der Waals surface area contributed by atoms with Crippen LogP contribution in [0.3, 0.4) is 0 Å². The Hall–Kier alpha value is -2.01. The van der Waals surface area contributed by atoms with Crippen molar-refractivity contribution in [2.24, 2.45) is 5.92 Å². The summed E-state index contributed by atoms with van der Waals surface area (Å²) in [5, 5.41) is 3.31. The molecule has 21 heavy (non-hydrogen) atoms. The van der Waals surface area contributed by atoms with Gasteiger partial charge < -0.3 is 10.1 Å². The van der Waals surface area contributed by atoms with Crippen LogP contribution in [-0.2, 0) is 6.54 Å². The molecule has 1 aromatic heterocycles. The van der Waals surface area contributed by atoms with Gasteiger partial charge in [-0.2, -0.15) is 0 Å². The standard InChI is InChI=1S/C16H18F2N2O/c1-11(2)8-20-9-12-5-6-19-10-16(12)21-13-3-4-14(17)15(18)7-13/h3-7,10-11,20H,8-9H2,1-2H3. The van der Waals surface area contributed by atoms with Gasteiger partial charge in [0.25, 0.3) is 0 Å². The molecule has 1 aromatic carbocycles. The first-order valence-electron chi connectivity index (χ1n) is 6.82. The van der Waals surface area contributed by atoms with Gasteiger partial charge in [-0.1, -0.05) is 13.8 Å². The first-order valence-corrected chi connectivity index (χ1v) is 6.82. The molecule has 0 aliphatic rings. The molecule has 1 N–H and O–H groups in total. The Bertz CT molecular complexity index is 603. The second-order valence-electron chi connectivity index (χ2n) is 5.19. The Morgan fingerprint density at radius 1 is 1.19 bits per heavy atom. The maximum atomic E-state index is 13.2. The molecule has 5 heteroatoms. The number of nitrogens with one attached hydrogen (secondary N) is 1. The molecule has 0 spiro atoms. The van der Waals surface area contributed by atoms with Crippen LogP contribution in [0.1, 0.15) is 19.4 Å².